The largest absolute Gasteiger partial charge is 0.361 e. The molecule has 16 heavy (non-hydrogen) atoms. The SMILES string of the molecule is c1c[nH]c(-c2cccnc2-c2ccc[nH]2)c1. The molecule has 3 nitrogen and oxygen atoms in total. The van der Waals surface area contributed by atoms with E-state index in [4.69, 9.17) is 0 Å². The lowest BCUT2D eigenvalue weighted by molar-refractivity contribution is 1.27. The molecule has 0 aliphatic carbocycles. The molecule has 0 fully saturated rings. The minimum atomic E-state index is 0.968. The molecule has 3 rings (SSSR count). The smallest absolute Gasteiger partial charge is 0.0957 e. The highest BCUT2D eigenvalue weighted by Crippen LogP contribution is 2.27. The van der Waals surface area contributed by atoms with Crippen LogP contribution in [0.2, 0.25) is 0 Å². The molecule has 3 heterocycles. The Hall–Kier alpha value is -2.29. The van der Waals surface area contributed by atoms with Crippen molar-refractivity contribution in [1.82, 2.24) is 15.0 Å². The third kappa shape index (κ3) is 1.42. The lowest BCUT2D eigenvalue weighted by atomic mass is 10.1. The van der Waals surface area contributed by atoms with Gasteiger partial charge in [0.05, 0.1) is 11.4 Å². The molecule has 3 heteroatoms. The topological polar surface area (TPSA) is 44.5 Å². The number of H-pyrrole nitrogens is 2. The molecule has 0 unspecified atom stereocenters. The average Bonchev–Trinajstić information content (AvgIpc) is 3.03. The Kier molecular flexibility index (Phi) is 2.07. The molecule has 0 bridgehead atoms. The number of hydrogen-bond acceptors (Lipinski definition) is 1. The van der Waals surface area contributed by atoms with Crippen LogP contribution in [0.1, 0.15) is 0 Å². The highest BCUT2D eigenvalue weighted by Gasteiger charge is 2.08. The first kappa shape index (κ1) is 8.97. The number of nitrogens with one attached hydrogen (secondary N) is 2. The van der Waals surface area contributed by atoms with Crippen molar-refractivity contribution in [3.63, 3.8) is 0 Å². The molecule has 0 spiro atoms. The summed E-state index contributed by atoms with van der Waals surface area (Å²) in [4.78, 5) is 10.8. The third-order valence-electron chi connectivity index (χ3n) is 2.55. The number of hydrogen-bond donors (Lipinski definition) is 2. The molecule has 0 aliphatic heterocycles. The van der Waals surface area contributed by atoms with Crippen LogP contribution in [-0.4, -0.2) is 15.0 Å². The van der Waals surface area contributed by atoms with Gasteiger partial charge in [-0.25, -0.2) is 0 Å². The van der Waals surface area contributed by atoms with Crippen LogP contribution < -0.4 is 0 Å². The quantitative estimate of drug-likeness (QED) is 0.669. The zero-order chi connectivity index (χ0) is 10.8. The first-order valence-corrected chi connectivity index (χ1v) is 5.18. The van der Waals surface area contributed by atoms with E-state index in [1.54, 1.807) is 0 Å². The Bertz CT molecular complexity index is 512. The Balaban J connectivity index is 2.19. The monoisotopic (exact) mass is 209 g/mol. The second kappa shape index (κ2) is 3.70. The summed E-state index contributed by atoms with van der Waals surface area (Å²) in [5, 5.41) is 0. The number of pyridine rings is 1. The Morgan fingerprint density at radius 3 is 2.25 bits per heavy atom. The molecule has 0 atom stereocenters. The fraction of sp³-hybridized carbons (Fsp3) is 0. The van der Waals surface area contributed by atoms with E-state index in [0.717, 1.165) is 22.6 Å². The van der Waals surface area contributed by atoms with Crippen molar-refractivity contribution >= 4 is 0 Å². The van der Waals surface area contributed by atoms with Crippen molar-refractivity contribution in [2.75, 3.05) is 0 Å². The van der Waals surface area contributed by atoms with Crippen molar-refractivity contribution in [3.05, 3.63) is 55.0 Å². The summed E-state index contributed by atoms with van der Waals surface area (Å²) in [5.74, 6) is 0. The molecule has 2 N–H and O–H groups in total. The minimum absolute atomic E-state index is 0.968. The van der Waals surface area contributed by atoms with E-state index < -0.39 is 0 Å². The summed E-state index contributed by atoms with van der Waals surface area (Å²) >= 11 is 0. The van der Waals surface area contributed by atoms with Gasteiger partial charge in [-0.3, -0.25) is 4.98 Å². The molecular formula is C13H11N3. The average molecular weight is 209 g/mol. The number of aromatic amines is 2. The van der Waals surface area contributed by atoms with E-state index in [1.165, 1.54) is 0 Å². The molecule has 0 saturated carbocycles. The molecule has 0 aliphatic rings. The van der Waals surface area contributed by atoms with Crippen LogP contribution >= 0.6 is 0 Å². The zero-order valence-electron chi connectivity index (χ0n) is 8.64. The maximum absolute atomic E-state index is 4.43. The second-order valence-corrected chi connectivity index (χ2v) is 3.57. The van der Waals surface area contributed by atoms with Crippen molar-refractivity contribution in [2.45, 2.75) is 0 Å². The fourth-order valence-corrected chi connectivity index (χ4v) is 1.81. The highest BCUT2D eigenvalue weighted by molar-refractivity contribution is 5.77. The summed E-state index contributed by atoms with van der Waals surface area (Å²) < 4.78 is 0. The summed E-state index contributed by atoms with van der Waals surface area (Å²) in [6.45, 7) is 0. The van der Waals surface area contributed by atoms with Crippen molar-refractivity contribution in [1.29, 1.82) is 0 Å². The van der Waals surface area contributed by atoms with E-state index in [1.807, 2.05) is 48.9 Å². The van der Waals surface area contributed by atoms with Gasteiger partial charge in [-0.2, -0.15) is 0 Å². The Morgan fingerprint density at radius 2 is 1.56 bits per heavy atom. The van der Waals surface area contributed by atoms with Gasteiger partial charge in [-0.15, -0.1) is 0 Å². The van der Waals surface area contributed by atoms with E-state index in [-0.39, 0.29) is 0 Å². The maximum atomic E-state index is 4.43. The predicted octanol–water partition coefficient (Wildman–Crippen LogP) is 3.07. The van der Waals surface area contributed by atoms with E-state index >= 15 is 0 Å². The predicted molar refractivity (Wildman–Crippen MR) is 63.8 cm³/mol. The van der Waals surface area contributed by atoms with Crippen LogP contribution in [0.5, 0.6) is 0 Å². The van der Waals surface area contributed by atoms with Crippen LogP contribution in [0.3, 0.4) is 0 Å². The third-order valence-corrected chi connectivity index (χ3v) is 2.55. The van der Waals surface area contributed by atoms with Crippen molar-refractivity contribution in [3.8, 4) is 22.6 Å². The van der Waals surface area contributed by atoms with Crippen molar-refractivity contribution in [2.24, 2.45) is 0 Å². The Labute approximate surface area is 93.2 Å². The zero-order valence-corrected chi connectivity index (χ0v) is 8.64. The summed E-state index contributed by atoms with van der Waals surface area (Å²) in [6.07, 6.45) is 5.63. The van der Waals surface area contributed by atoms with Crippen LogP contribution in [0, 0.1) is 0 Å². The normalized spacial score (nSPS) is 10.5. The van der Waals surface area contributed by atoms with E-state index in [0.29, 0.717) is 0 Å². The lowest BCUT2D eigenvalue weighted by Gasteiger charge is -2.04. The Morgan fingerprint density at radius 1 is 0.812 bits per heavy atom. The highest BCUT2D eigenvalue weighted by atomic mass is 14.8. The first-order valence-electron chi connectivity index (χ1n) is 5.18. The minimum Gasteiger partial charge on any atom is -0.361 e. The number of nitrogens with zero attached hydrogens (tertiary/aromatic N) is 1. The molecule has 0 amide bonds. The molecule has 0 aromatic carbocycles. The number of aromatic nitrogens is 3. The van der Waals surface area contributed by atoms with Gasteiger partial charge >= 0.3 is 0 Å². The van der Waals surface area contributed by atoms with Gasteiger partial charge in [0.25, 0.3) is 0 Å². The molecule has 3 aromatic heterocycles. The van der Waals surface area contributed by atoms with Crippen molar-refractivity contribution < 1.29 is 0 Å². The van der Waals surface area contributed by atoms with E-state index in [9.17, 15) is 0 Å². The van der Waals surface area contributed by atoms with Gasteiger partial charge in [0.1, 0.15) is 0 Å². The van der Waals surface area contributed by atoms with Gasteiger partial charge in [0, 0.05) is 29.8 Å². The van der Waals surface area contributed by atoms with Crippen LogP contribution in [-0.2, 0) is 0 Å². The van der Waals surface area contributed by atoms with Crippen LogP contribution in [0.15, 0.2) is 55.0 Å². The molecule has 78 valence electrons. The second-order valence-electron chi connectivity index (χ2n) is 3.57. The van der Waals surface area contributed by atoms with Gasteiger partial charge < -0.3 is 9.97 Å². The molecule has 0 radical (unpaired) electrons. The van der Waals surface area contributed by atoms with Gasteiger partial charge in [0.15, 0.2) is 0 Å². The van der Waals surface area contributed by atoms with Gasteiger partial charge in [-0.05, 0) is 36.4 Å². The summed E-state index contributed by atoms with van der Waals surface area (Å²) in [6, 6.07) is 12.0. The van der Waals surface area contributed by atoms with Gasteiger partial charge in [-0.1, -0.05) is 0 Å². The molecule has 3 aromatic rings. The molecule has 0 saturated heterocycles. The lowest BCUT2D eigenvalue weighted by Crippen LogP contribution is -1.88. The van der Waals surface area contributed by atoms with Crippen LogP contribution in [0.25, 0.3) is 22.6 Å². The van der Waals surface area contributed by atoms with Gasteiger partial charge in [0.2, 0.25) is 0 Å². The van der Waals surface area contributed by atoms with Crippen LogP contribution in [0.4, 0.5) is 0 Å². The maximum Gasteiger partial charge on any atom is 0.0957 e. The van der Waals surface area contributed by atoms with E-state index in [2.05, 4.69) is 21.0 Å². The molecular weight excluding hydrogens is 198 g/mol. The summed E-state index contributed by atoms with van der Waals surface area (Å²) in [5.41, 5.74) is 4.19. The fourth-order valence-electron chi connectivity index (χ4n) is 1.81. The first-order chi connectivity index (χ1) is 7.95. The standard InChI is InChI=1S/C13H11N3/c1-4-10(11-5-2-7-14-11)13(16-9-1)12-6-3-8-15-12/h1-9,14-15H. The summed E-state index contributed by atoms with van der Waals surface area (Å²) in [7, 11) is 0. The number of rotatable bonds is 2.